The zero-order valence-electron chi connectivity index (χ0n) is 11.1. The van der Waals surface area contributed by atoms with Gasteiger partial charge in [-0.1, -0.05) is 6.42 Å². The van der Waals surface area contributed by atoms with Gasteiger partial charge in [-0.15, -0.1) is 0 Å². The zero-order valence-corrected chi connectivity index (χ0v) is 11.1. The summed E-state index contributed by atoms with van der Waals surface area (Å²) >= 11 is 0. The van der Waals surface area contributed by atoms with Crippen LogP contribution in [0.1, 0.15) is 31.2 Å². The van der Waals surface area contributed by atoms with E-state index in [1.165, 1.54) is 25.3 Å². The first-order chi connectivity index (χ1) is 9.26. The molecule has 1 aromatic rings. The molecule has 20 heavy (non-hydrogen) atoms. The highest BCUT2D eigenvalue weighted by Gasteiger charge is 2.47. The van der Waals surface area contributed by atoms with E-state index in [-0.39, 0.29) is 12.8 Å². The fourth-order valence-corrected chi connectivity index (χ4v) is 2.90. The van der Waals surface area contributed by atoms with Gasteiger partial charge in [0.15, 0.2) is 0 Å². The Bertz CT molecular complexity index is 489. The van der Waals surface area contributed by atoms with Gasteiger partial charge in [-0.25, -0.2) is 4.39 Å². The SMILES string of the molecule is COc1ccc(F)cc1C1(N)CCCC(C(F)(F)F)C1. The molecule has 2 nitrogen and oxygen atoms in total. The van der Waals surface area contributed by atoms with Crippen molar-refractivity contribution in [1.82, 2.24) is 0 Å². The fraction of sp³-hybridized carbons (Fsp3) is 0.571. The van der Waals surface area contributed by atoms with Crippen LogP contribution in [0.4, 0.5) is 17.6 Å². The number of ether oxygens (including phenoxy) is 1. The number of halogens is 4. The fourth-order valence-electron chi connectivity index (χ4n) is 2.90. The zero-order chi connectivity index (χ0) is 15.0. The van der Waals surface area contributed by atoms with Crippen molar-refractivity contribution in [3.63, 3.8) is 0 Å². The van der Waals surface area contributed by atoms with Gasteiger partial charge in [0.05, 0.1) is 13.0 Å². The number of benzene rings is 1. The maximum atomic E-state index is 13.4. The smallest absolute Gasteiger partial charge is 0.391 e. The lowest BCUT2D eigenvalue weighted by Gasteiger charge is -2.39. The lowest BCUT2D eigenvalue weighted by molar-refractivity contribution is -0.187. The molecule has 1 fully saturated rings. The van der Waals surface area contributed by atoms with Crippen molar-refractivity contribution in [2.45, 2.75) is 37.4 Å². The normalized spacial score (nSPS) is 27.4. The Morgan fingerprint density at radius 1 is 1.35 bits per heavy atom. The first kappa shape index (κ1) is 15.1. The monoisotopic (exact) mass is 291 g/mol. The van der Waals surface area contributed by atoms with E-state index in [0.717, 1.165) is 0 Å². The topological polar surface area (TPSA) is 35.2 Å². The lowest BCUT2D eigenvalue weighted by atomic mass is 9.72. The molecular formula is C14H17F4NO. The molecule has 0 heterocycles. The predicted octanol–water partition coefficient (Wildman–Crippen LogP) is 3.74. The van der Waals surface area contributed by atoms with Gasteiger partial charge in [-0.2, -0.15) is 13.2 Å². The molecule has 0 aromatic heterocycles. The molecule has 2 rings (SSSR count). The van der Waals surface area contributed by atoms with Gasteiger partial charge in [0.25, 0.3) is 0 Å². The molecule has 0 bridgehead atoms. The van der Waals surface area contributed by atoms with Crippen LogP contribution < -0.4 is 10.5 Å². The number of hydrogen-bond acceptors (Lipinski definition) is 2. The average Bonchev–Trinajstić information content (AvgIpc) is 2.38. The summed E-state index contributed by atoms with van der Waals surface area (Å²) in [5.41, 5.74) is 5.28. The second-order valence-electron chi connectivity index (χ2n) is 5.34. The van der Waals surface area contributed by atoms with Crippen molar-refractivity contribution in [2.75, 3.05) is 7.11 Å². The van der Waals surface area contributed by atoms with Crippen molar-refractivity contribution in [2.24, 2.45) is 11.7 Å². The summed E-state index contributed by atoms with van der Waals surface area (Å²) in [6.07, 6.45) is -3.69. The molecule has 1 aliphatic rings. The van der Waals surface area contributed by atoms with Crippen molar-refractivity contribution in [3.8, 4) is 5.75 Å². The van der Waals surface area contributed by atoms with E-state index >= 15 is 0 Å². The third-order valence-corrected chi connectivity index (χ3v) is 3.95. The number of methoxy groups -OCH3 is 1. The number of hydrogen-bond donors (Lipinski definition) is 1. The Hall–Kier alpha value is -1.30. The van der Waals surface area contributed by atoms with Crippen LogP contribution in [0, 0.1) is 11.7 Å². The molecule has 2 N–H and O–H groups in total. The minimum Gasteiger partial charge on any atom is -0.496 e. The van der Waals surface area contributed by atoms with E-state index in [1.54, 1.807) is 0 Å². The molecule has 0 spiro atoms. The summed E-state index contributed by atoms with van der Waals surface area (Å²) in [4.78, 5) is 0. The van der Waals surface area contributed by atoms with Gasteiger partial charge in [-0.05, 0) is 37.5 Å². The van der Waals surface area contributed by atoms with Gasteiger partial charge in [0.2, 0.25) is 0 Å². The molecule has 1 aromatic carbocycles. The number of rotatable bonds is 2. The second kappa shape index (κ2) is 5.24. The van der Waals surface area contributed by atoms with Crippen LogP contribution in [-0.2, 0) is 5.54 Å². The van der Waals surface area contributed by atoms with E-state index < -0.39 is 23.5 Å². The van der Waals surface area contributed by atoms with Crippen LogP contribution in [0.3, 0.4) is 0 Å². The first-order valence-corrected chi connectivity index (χ1v) is 6.46. The van der Waals surface area contributed by atoms with Crippen LogP contribution in [0.15, 0.2) is 18.2 Å². The van der Waals surface area contributed by atoms with Crippen molar-refractivity contribution in [1.29, 1.82) is 0 Å². The maximum absolute atomic E-state index is 13.4. The van der Waals surface area contributed by atoms with E-state index in [4.69, 9.17) is 10.5 Å². The van der Waals surface area contributed by atoms with Crippen LogP contribution >= 0.6 is 0 Å². The highest BCUT2D eigenvalue weighted by molar-refractivity contribution is 5.40. The van der Waals surface area contributed by atoms with Gasteiger partial charge in [-0.3, -0.25) is 0 Å². The molecule has 1 aliphatic carbocycles. The molecule has 2 unspecified atom stereocenters. The predicted molar refractivity (Wildman–Crippen MR) is 66.8 cm³/mol. The minimum absolute atomic E-state index is 0.0695. The second-order valence-corrected chi connectivity index (χ2v) is 5.34. The van der Waals surface area contributed by atoms with Gasteiger partial charge in [0.1, 0.15) is 11.6 Å². The van der Waals surface area contributed by atoms with Crippen molar-refractivity contribution in [3.05, 3.63) is 29.6 Å². The van der Waals surface area contributed by atoms with Crippen LogP contribution in [0.25, 0.3) is 0 Å². The molecule has 0 saturated heterocycles. The molecule has 1 saturated carbocycles. The Labute approximate surface area is 114 Å². The average molecular weight is 291 g/mol. The summed E-state index contributed by atoms with van der Waals surface area (Å²) in [6, 6.07) is 3.78. The summed E-state index contributed by atoms with van der Waals surface area (Å²) in [5, 5.41) is 0. The molecule has 112 valence electrons. The van der Waals surface area contributed by atoms with Crippen LogP contribution in [-0.4, -0.2) is 13.3 Å². The van der Waals surface area contributed by atoms with E-state index in [0.29, 0.717) is 24.2 Å². The highest BCUT2D eigenvalue weighted by atomic mass is 19.4. The highest BCUT2D eigenvalue weighted by Crippen LogP contribution is 2.46. The van der Waals surface area contributed by atoms with Crippen molar-refractivity contribution < 1.29 is 22.3 Å². The van der Waals surface area contributed by atoms with E-state index in [1.807, 2.05) is 0 Å². The first-order valence-electron chi connectivity index (χ1n) is 6.46. The largest absolute Gasteiger partial charge is 0.496 e. The van der Waals surface area contributed by atoms with Crippen LogP contribution in [0.5, 0.6) is 5.75 Å². The lowest BCUT2D eigenvalue weighted by Crippen LogP contribution is -2.45. The Balaban J connectivity index is 2.37. The number of alkyl halides is 3. The molecular weight excluding hydrogens is 274 g/mol. The third kappa shape index (κ3) is 2.90. The Morgan fingerprint density at radius 2 is 2.05 bits per heavy atom. The van der Waals surface area contributed by atoms with E-state index in [2.05, 4.69) is 0 Å². The van der Waals surface area contributed by atoms with Gasteiger partial charge >= 0.3 is 6.18 Å². The molecule has 2 atom stereocenters. The Morgan fingerprint density at radius 3 is 2.65 bits per heavy atom. The molecule has 0 aliphatic heterocycles. The third-order valence-electron chi connectivity index (χ3n) is 3.95. The van der Waals surface area contributed by atoms with Gasteiger partial charge < -0.3 is 10.5 Å². The Kier molecular flexibility index (Phi) is 3.95. The summed E-state index contributed by atoms with van der Waals surface area (Å²) < 4.78 is 57.2. The molecule has 0 radical (unpaired) electrons. The maximum Gasteiger partial charge on any atom is 0.391 e. The number of nitrogens with two attached hydrogens (primary N) is 1. The summed E-state index contributed by atoms with van der Waals surface area (Å²) in [6.45, 7) is 0. The quantitative estimate of drug-likeness (QED) is 0.842. The molecule has 0 amide bonds. The van der Waals surface area contributed by atoms with Crippen LogP contribution in [0.2, 0.25) is 0 Å². The summed E-state index contributed by atoms with van der Waals surface area (Å²) in [7, 11) is 1.39. The summed E-state index contributed by atoms with van der Waals surface area (Å²) in [5.74, 6) is -1.65. The molecule has 6 heteroatoms. The van der Waals surface area contributed by atoms with E-state index in [9.17, 15) is 17.6 Å². The standard InChI is InChI=1S/C14H17F4NO/c1-20-12-5-4-10(15)7-11(12)13(19)6-2-3-9(8-13)14(16,17)18/h4-5,7,9H,2-3,6,8,19H2,1H3. The van der Waals surface area contributed by atoms with Crippen molar-refractivity contribution >= 4 is 0 Å². The minimum atomic E-state index is -4.27. The van der Waals surface area contributed by atoms with Gasteiger partial charge in [0, 0.05) is 11.1 Å².